The highest BCUT2D eigenvalue weighted by Gasteiger charge is 2.07. The largest absolute Gasteiger partial charge is 0.497 e. The highest BCUT2D eigenvalue weighted by atomic mass is 16.5. The van der Waals surface area contributed by atoms with Gasteiger partial charge in [0.1, 0.15) is 17.3 Å². The highest BCUT2D eigenvalue weighted by Crippen LogP contribution is 2.25. The molecule has 0 aliphatic carbocycles. The van der Waals surface area contributed by atoms with Gasteiger partial charge in [0.05, 0.1) is 32.3 Å². The van der Waals surface area contributed by atoms with E-state index in [4.69, 9.17) is 15.2 Å². The first-order valence-electron chi connectivity index (χ1n) is 5.50. The molecule has 0 atom stereocenters. The number of methoxy groups -OCH3 is 2. The summed E-state index contributed by atoms with van der Waals surface area (Å²) in [5.41, 5.74) is 7.08. The van der Waals surface area contributed by atoms with Gasteiger partial charge in [0.15, 0.2) is 0 Å². The molecule has 0 fully saturated rings. The Morgan fingerprint density at radius 2 is 1.83 bits per heavy atom. The maximum absolute atomic E-state index is 5.55. The number of rotatable bonds is 4. The summed E-state index contributed by atoms with van der Waals surface area (Å²) in [5, 5.41) is 0. The van der Waals surface area contributed by atoms with Crippen molar-refractivity contribution in [1.29, 1.82) is 0 Å². The third-order valence-corrected chi connectivity index (χ3v) is 2.56. The predicted octanol–water partition coefficient (Wildman–Crippen LogP) is 1.67. The van der Waals surface area contributed by atoms with Crippen LogP contribution in [0.5, 0.6) is 11.5 Å². The highest BCUT2D eigenvalue weighted by molar-refractivity contribution is 5.42. The Kier molecular flexibility index (Phi) is 3.62. The van der Waals surface area contributed by atoms with Crippen molar-refractivity contribution in [3.8, 4) is 11.5 Å². The number of hydrogen-bond donors (Lipinski definition) is 1. The average Bonchev–Trinajstić information content (AvgIpc) is 2.41. The third-order valence-electron chi connectivity index (χ3n) is 2.56. The molecule has 2 rings (SSSR count). The number of anilines is 1. The van der Waals surface area contributed by atoms with E-state index in [-0.39, 0.29) is 0 Å². The van der Waals surface area contributed by atoms with E-state index in [0.717, 1.165) is 17.1 Å². The van der Waals surface area contributed by atoms with Crippen molar-refractivity contribution in [3.63, 3.8) is 0 Å². The number of nitrogen functional groups attached to an aromatic ring is 1. The van der Waals surface area contributed by atoms with Crippen molar-refractivity contribution in [3.05, 3.63) is 42.0 Å². The molecular formula is C13H15N3O2. The standard InChI is InChI=1S/C13H15N3O2/c1-17-11-3-4-12(18-2)9(5-11)6-13-15-7-10(14)8-16-13/h3-5,7-8H,6,14H2,1-2H3. The van der Waals surface area contributed by atoms with Crippen LogP contribution in [-0.2, 0) is 6.42 Å². The molecule has 1 aromatic heterocycles. The van der Waals surface area contributed by atoms with Crippen molar-refractivity contribution in [2.45, 2.75) is 6.42 Å². The first kappa shape index (κ1) is 12.2. The molecule has 0 amide bonds. The number of hydrogen-bond acceptors (Lipinski definition) is 5. The first-order valence-corrected chi connectivity index (χ1v) is 5.50. The molecule has 0 unspecified atom stereocenters. The summed E-state index contributed by atoms with van der Waals surface area (Å²) in [4.78, 5) is 8.34. The van der Waals surface area contributed by atoms with Crippen LogP contribution >= 0.6 is 0 Å². The van der Waals surface area contributed by atoms with Crippen LogP contribution in [0.2, 0.25) is 0 Å². The zero-order valence-corrected chi connectivity index (χ0v) is 10.4. The van der Waals surface area contributed by atoms with E-state index in [1.165, 1.54) is 0 Å². The normalized spacial score (nSPS) is 10.1. The minimum atomic E-state index is 0.552. The van der Waals surface area contributed by atoms with Gasteiger partial charge in [0.2, 0.25) is 0 Å². The monoisotopic (exact) mass is 245 g/mol. The Morgan fingerprint density at radius 3 is 2.44 bits per heavy atom. The summed E-state index contributed by atoms with van der Waals surface area (Å²) < 4.78 is 10.5. The number of aromatic nitrogens is 2. The van der Waals surface area contributed by atoms with Crippen LogP contribution in [0.25, 0.3) is 0 Å². The summed E-state index contributed by atoms with van der Waals surface area (Å²) in [6.45, 7) is 0. The summed E-state index contributed by atoms with van der Waals surface area (Å²) >= 11 is 0. The van der Waals surface area contributed by atoms with Gasteiger partial charge in [-0.25, -0.2) is 9.97 Å². The van der Waals surface area contributed by atoms with Crippen LogP contribution in [0.4, 0.5) is 5.69 Å². The van der Waals surface area contributed by atoms with Gasteiger partial charge in [0, 0.05) is 12.0 Å². The molecule has 5 nitrogen and oxygen atoms in total. The lowest BCUT2D eigenvalue weighted by Gasteiger charge is -2.09. The van der Waals surface area contributed by atoms with Crippen LogP contribution in [-0.4, -0.2) is 24.2 Å². The van der Waals surface area contributed by atoms with E-state index >= 15 is 0 Å². The van der Waals surface area contributed by atoms with Crippen LogP contribution in [0.3, 0.4) is 0 Å². The molecule has 0 saturated heterocycles. The van der Waals surface area contributed by atoms with Crippen molar-refractivity contribution in [2.24, 2.45) is 0 Å². The number of benzene rings is 1. The minimum Gasteiger partial charge on any atom is -0.497 e. The number of nitrogens with zero attached hydrogens (tertiary/aromatic N) is 2. The van der Waals surface area contributed by atoms with E-state index in [1.54, 1.807) is 26.6 Å². The Morgan fingerprint density at radius 1 is 1.11 bits per heavy atom. The molecule has 0 radical (unpaired) electrons. The molecule has 2 N–H and O–H groups in total. The third kappa shape index (κ3) is 2.68. The smallest absolute Gasteiger partial charge is 0.132 e. The maximum Gasteiger partial charge on any atom is 0.132 e. The Bertz CT molecular complexity index is 526. The molecule has 1 aromatic carbocycles. The van der Waals surface area contributed by atoms with Crippen molar-refractivity contribution in [1.82, 2.24) is 9.97 Å². The second kappa shape index (κ2) is 5.35. The van der Waals surface area contributed by atoms with E-state index in [1.807, 2.05) is 18.2 Å². The maximum atomic E-state index is 5.55. The second-order valence-corrected chi connectivity index (χ2v) is 3.79. The summed E-state index contributed by atoms with van der Waals surface area (Å²) in [6.07, 6.45) is 3.75. The molecule has 0 bridgehead atoms. The lowest BCUT2D eigenvalue weighted by Crippen LogP contribution is -2.00. The van der Waals surface area contributed by atoms with E-state index in [0.29, 0.717) is 17.9 Å². The van der Waals surface area contributed by atoms with Crippen LogP contribution in [0, 0.1) is 0 Å². The fraction of sp³-hybridized carbons (Fsp3) is 0.231. The Hall–Kier alpha value is -2.30. The van der Waals surface area contributed by atoms with E-state index in [2.05, 4.69) is 9.97 Å². The van der Waals surface area contributed by atoms with Gasteiger partial charge < -0.3 is 15.2 Å². The number of nitrogens with two attached hydrogens (primary N) is 1. The van der Waals surface area contributed by atoms with Gasteiger partial charge in [-0.3, -0.25) is 0 Å². The lowest BCUT2D eigenvalue weighted by molar-refractivity contribution is 0.399. The predicted molar refractivity (Wildman–Crippen MR) is 68.8 cm³/mol. The van der Waals surface area contributed by atoms with Crippen LogP contribution in [0.15, 0.2) is 30.6 Å². The molecule has 0 aliphatic heterocycles. The second-order valence-electron chi connectivity index (χ2n) is 3.79. The summed E-state index contributed by atoms with van der Waals surface area (Å²) in [6, 6.07) is 5.64. The molecule has 1 heterocycles. The summed E-state index contributed by atoms with van der Waals surface area (Å²) in [5.74, 6) is 2.26. The van der Waals surface area contributed by atoms with Crippen molar-refractivity contribution < 1.29 is 9.47 Å². The zero-order chi connectivity index (χ0) is 13.0. The zero-order valence-electron chi connectivity index (χ0n) is 10.4. The van der Waals surface area contributed by atoms with Gasteiger partial charge in [-0.15, -0.1) is 0 Å². The van der Waals surface area contributed by atoms with Crippen LogP contribution in [0.1, 0.15) is 11.4 Å². The van der Waals surface area contributed by atoms with E-state index in [9.17, 15) is 0 Å². The molecular weight excluding hydrogens is 230 g/mol. The Balaban J connectivity index is 2.29. The molecule has 94 valence electrons. The number of ether oxygens (including phenoxy) is 2. The topological polar surface area (TPSA) is 70.3 Å². The van der Waals surface area contributed by atoms with Crippen molar-refractivity contribution >= 4 is 5.69 Å². The van der Waals surface area contributed by atoms with Gasteiger partial charge >= 0.3 is 0 Å². The van der Waals surface area contributed by atoms with Gasteiger partial charge in [0.25, 0.3) is 0 Å². The van der Waals surface area contributed by atoms with Gasteiger partial charge in [-0.1, -0.05) is 0 Å². The van der Waals surface area contributed by atoms with Crippen molar-refractivity contribution in [2.75, 3.05) is 20.0 Å². The summed E-state index contributed by atoms with van der Waals surface area (Å²) in [7, 11) is 3.26. The van der Waals surface area contributed by atoms with Gasteiger partial charge in [-0.2, -0.15) is 0 Å². The average molecular weight is 245 g/mol. The fourth-order valence-corrected chi connectivity index (χ4v) is 1.65. The fourth-order valence-electron chi connectivity index (χ4n) is 1.65. The molecule has 18 heavy (non-hydrogen) atoms. The molecule has 0 spiro atoms. The minimum absolute atomic E-state index is 0.552. The van der Waals surface area contributed by atoms with E-state index < -0.39 is 0 Å². The molecule has 2 aromatic rings. The van der Waals surface area contributed by atoms with Gasteiger partial charge in [-0.05, 0) is 18.2 Å². The SMILES string of the molecule is COc1ccc(OC)c(Cc2ncc(N)cn2)c1. The molecule has 0 aliphatic rings. The molecule has 0 saturated carbocycles. The quantitative estimate of drug-likeness (QED) is 0.887. The first-order chi connectivity index (χ1) is 8.72. The Labute approximate surface area is 106 Å². The molecule has 5 heteroatoms. The lowest BCUT2D eigenvalue weighted by atomic mass is 10.1. The van der Waals surface area contributed by atoms with Crippen LogP contribution < -0.4 is 15.2 Å².